The molecule has 2 N–H and O–H groups in total. The number of hydrogen-bond donors (Lipinski definition) is 2. The molecule has 1 fully saturated rings. The second-order valence-electron chi connectivity index (χ2n) is 6.78. The number of benzene rings is 1. The summed E-state index contributed by atoms with van der Waals surface area (Å²) in [6, 6.07) is 4.89. The predicted molar refractivity (Wildman–Crippen MR) is 104 cm³/mol. The molecule has 3 amide bonds. The maximum atomic E-state index is 12.9. The van der Waals surface area contributed by atoms with Gasteiger partial charge in [-0.1, -0.05) is 11.6 Å². The molecule has 1 saturated heterocycles. The molecule has 0 aliphatic carbocycles. The molecule has 0 radical (unpaired) electrons. The van der Waals surface area contributed by atoms with Gasteiger partial charge in [0.2, 0.25) is 17.7 Å². The number of rotatable bonds is 3. The van der Waals surface area contributed by atoms with Crippen molar-refractivity contribution in [1.82, 2.24) is 20.1 Å². The van der Waals surface area contributed by atoms with Crippen molar-refractivity contribution in [3.63, 3.8) is 0 Å². The molecule has 27 heavy (non-hydrogen) atoms. The Morgan fingerprint density at radius 3 is 2.70 bits per heavy atom. The van der Waals surface area contributed by atoms with Crippen LogP contribution in [0.25, 0.3) is 10.9 Å². The van der Waals surface area contributed by atoms with E-state index in [2.05, 4.69) is 10.3 Å². The van der Waals surface area contributed by atoms with Gasteiger partial charge < -0.3 is 20.1 Å². The van der Waals surface area contributed by atoms with Gasteiger partial charge in [0, 0.05) is 48.7 Å². The Morgan fingerprint density at radius 2 is 2.04 bits per heavy atom. The van der Waals surface area contributed by atoms with Crippen molar-refractivity contribution in [2.75, 3.05) is 26.7 Å². The third kappa shape index (κ3) is 3.78. The fraction of sp³-hybridized carbons (Fsp3) is 0.421. The Hall–Kier alpha value is -2.54. The normalized spacial score (nSPS) is 17.3. The lowest BCUT2D eigenvalue weighted by Gasteiger charge is -2.40. The van der Waals surface area contributed by atoms with Gasteiger partial charge in [-0.3, -0.25) is 14.4 Å². The molecule has 2 aromatic rings. The third-order valence-electron chi connectivity index (χ3n) is 5.10. The van der Waals surface area contributed by atoms with Crippen LogP contribution in [0.15, 0.2) is 18.2 Å². The largest absolute Gasteiger partial charge is 0.358 e. The van der Waals surface area contributed by atoms with E-state index < -0.39 is 6.04 Å². The zero-order valence-electron chi connectivity index (χ0n) is 15.6. The first-order valence-electron chi connectivity index (χ1n) is 8.85. The zero-order chi connectivity index (χ0) is 19.7. The van der Waals surface area contributed by atoms with E-state index in [1.807, 2.05) is 19.1 Å². The average molecular weight is 391 g/mol. The number of aromatic nitrogens is 1. The summed E-state index contributed by atoms with van der Waals surface area (Å²) in [6.45, 7) is 4.32. The Morgan fingerprint density at radius 1 is 1.30 bits per heavy atom. The lowest BCUT2D eigenvalue weighted by Crippen LogP contribution is -2.61. The molecule has 3 rings (SSSR count). The number of carbonyl (C=O) groups excluding carboxylic acids is 3. The lowest BCUT2D eigenvalue weighted by atomic mass is 10.1. The molecule has 0 saturated carbocycles. The zero-order valence-corrected chi connectivity index (χ0v) is 16.4. The van der Waals surface area contributed by atoms with Gasteiger partial charge in [-0.2, -0.15) is 0 Å². The van der Waals surface area contributed by atoms with E-state index in [-0.39, 0.29) is 30.7 Å². The van der Waals surface area contributed by atoms with Gasteiger partial charge in [0.05, 0.1) is 13.0 Å². The predicted octanol–water partition coefficient (Wildman–Crippen LogP) is 1.48. The van der Waals surface area contributed by atoms with Crippen LogP contribution < -0.4 is 5.32 Å². The highest BCUT2D eigenvalue weighted by Crippen LogP contribution is 2.26. The number of amides is 3. The average Bonchev–Trinajstić information content (AvgIpc) is 2.95. The molecule has 144 valence electrons. The molecule has 1 atom stereocenters. The number of aryl methyl sites for hydroxylation is 1. The maximum absolute atomic E-state index is 12.9. The Bertz CT molecular complexity index is 908. The van der Waals surface area contributed by atoms with E-state index in [4.69, 9.17) is 11.6 Å². The summed E-state index contributed by atoms with van der Waals surface area (Å²) in [5.41, 5.74) is 2.76. The van der Waals surface area contributed by atoms with E-state index in [9.17, 15) is 14.4 Å². The van der Waals surface area contributed by atoms with E-state index in [0.29, 0.717) is 18.1 Å². The first kappa shape index (κ1) is 19.2. The summed E-state index contributed by atoms with van der Waals surface area (Å²) in [5, 5.41) is 4.12. The Kier molecular flexibility index (Phi) is 5.41. The summed E-state index contributed by atoms with van der Waals surface area (Å²) in [5.74, 6) is -0.508. The summed E-state index contributed by atoms with van der Waals surface area (Å²) in [6.07, 6.45) is 0.215. The van der Waals surface area contributed by atoms with Crippen molar-refractivity contribution in [1.29, 1.82) is 0 Å². The molecule has 0 spiro atoms. The summed E-state index contributed by atoms with van der Waals surface area (Å²) in [7, 11) is 1.53. The second kappa shape index (κ2) is 7.60. The van der Waals surface area contributed by atoms with Crippen molar-refractivity contribution in [2.45, 2.75) is 26.3 Å². The monoisotopic (exact) mass is 390 g/mol. The number of fused-ring (bicyclic) bond motifs is 1. The van der Waals surface area contributed by atoms with Crippen molar-refractivity contribution in [3.05, 3.63) is 34.5 Å². The van der Waals surface area contributed by atoms with Crippen LogP contribution in [0.1, 0.15) is 18.2 Å². The topological polar surface area (TPSA) is 85.5 Å². The molecular formula is C19H23ClN4O3. The molecule has 1 aliphatic rings. The van der Waals surface area contributed by atoms with E-state index >= 15 is 0 Å². The quantitative estimate of drug-likeness (QED) is 0.832. The van der Waals surface area contributed by atoms with E-state index in [0.717, 1.165) is 22.2 Å². The minimum Gasteiger partial charge on any atom is -0.358 e. The molecule has 2 heterocycles. The minimum absolute atomic E-state index is 0.0731. The lowest BCUT2D eigenvalue weighted by molar-refractivity contribution is -0.146. The summed E-state index contributed by atoms with van der Waals surface area (Å²) in [4.78, 5) is 43.3. The fourth-order valence-corrected chi connectivity index (χ4v) is 3.79. The number of piperazine rings is 1. The highest BCUT2D eigenvalue weighted by Gasteiger charge is 2.35. The van der Waals surface area contributed by atoms with Crippen LogP contribution in [0.3, 0.4) is 0 Å². The number of carbonyl (C=O) groups is 3. The maximum Gasteiger partial charge on any atom is 0.244 e. The Balaban J connectivity index is 1.81. The van der Waals surface area contributed by atoms with Crippen molar-refractivity contribution >= 4 is 40.2 Å². The molecule has 1 aliphatic heterocycles. The van der Waals surface area contributed by atoms with Gasteiger partial charge in [-0.15, -0.1) is 0 Å². The van der Waals surface area contributed by atoms with Crippen LogP contribution in [0, 0.1) is 6.92 Å². The van der Waals surface area contributed by atoms with Crippen LogP contribution in [0.2, 0.25) is 5.02 Å². The van der Waals surface area contributed by atoms with Gasteiger partial charge in [0.1, 0.15) is 6.04 Å². The third-order valence-corrected chi connectivity index (χ3v) is 5.33. The smallest absolute Gasteiger partial charge is 0.244 e. The molecule has 8 heteroatoms. The van der Waals surface area contributed by atoms with Gasteiger partial charge in [0.25, 0.3) is 0 Å². The van der Waals surface area contributed by atoms with Crippen molar-refractivity contribution in [3.8, 4) is 0 Å². The van der Waals surface area contributed by atoms with Gasteiger partial charge in [0.15, 0.2) is 0 Å². The second-order valence-corrected chi connectivity index (χ2v) is 7.21. The van der Waals surface area contributed by atoms with Crippen LogP contribution in [0.5, 0.6) is 0 Å². The van der Waals surface area contributed by atoms with E-state index in [1.54, 1.807) is 11.0 Å². The van der Waals surface area contributed by atoms with Crippen LogP contribution in [-0.4, -0.2) is 65.2 Å². The molecule has 1 aromatic carbocycles. The fourth-order valence-electron chi connectivity index (χ4n) is 3.62. The number of aromatic amines is 1. The molecule has 7 nitrogen and oxygen atoms in total. The van der Waals surface area contributed by atoms with Crippen LogP contribution in [-0.2, 0) is 20.8 Å². The number of halogens is 1. The molecular weight excluding hydrogens is 368 g/mol. The highest BCUT2D eigenvalue weighted by atomic mass is 35.5. The van der Waals surface area contributed by atoms with Gasteiger partial charge >= 0.3 is 0 Å². The van der Waals surface area contributed by atoms with Gasteiger partial charge in [-0.25, -0.2) is 0 Å². The van der Waals surface area contributed by atoms with Crippen molar-refractivity contribution in [2.24, 2.45) is 0 Å². The summed E-state index contributed by atoms with van der Waals surface area (Å²) >= 11 is 6.11. The SMILES string of the molecule is CNC(=O)[C@H]1CN(C(=O)Cc2c(C)[nH]c3ccc(Cl)cc23)CCN1C(C)=O. The molecule has 0 unspecified atom stereocenters. The molecule has 1 aromatic heterocycles. The number of likely N-dealkylation sites (N-methyl/N-ethyl adjacent to an activating group) is 1. The van der Waals surface area contributed by atoms with Gasteiger partial charge in [-0.05, 0) is 30.7 Å². The highest BCUT2D eigenvalue weighted by molar-refractivity contribution is 6.31. The number of hydrogen-bond acceptors (Lipinski definition) is 3. The Labute approximate surface area is 162 Å². The van der Waals surface area contributed by atoms with Crippen LogP contribution >= 0.6 is 11.6 Å². The van der Waals surface area contributed by atoms with Crippen molar-refractivity contribution < 1.29 is 14.4 Å². The standard InChI is InChI=1S/C19H23ClN4O3/c1-11-14(15-8-13(20)4-5-16(15)22-11)9-18(26)23-6-7-24(12(2)25)17(10-23)19(27)21-3/h4-5,8,17,22H,6-7,9-10H2,1-3H3,(H,21,27)/t17-/m1/s1. The number of nitrogens with zero attached hydrogens (tertiary/aromatic N) is 2. The number of H-pyrrole nitrogens is 1. The van der Waals surface area contributed by atoms with E-state index in [1.165, 1.54) is 18.9 Å². The number of nitrogens with one attached hydrogen (secondary N) is 2. The first-order valence-corrected chi connectivity index (χ1v) is 9.23. The molecule has 0 bridgehead atoms. The summed E-state index contributed by atoms with van der Waals surface area (Å²) < 4.78 is 0. The van der Waals surface area contributed by atoms with Crippen LogP contribution in [0.4, 0.5) is 0 Å². The minimum atomic E-state index is -0.663. The first-order chi connectivity index (χ1) is 12.8.